The molecule has 3 atom stereocenters. The van der Waals surface area contributed by atoms with Gasteiger partial charge in [0, 0.05) is 5.92 Å². The molecule has 0 aliphatic carbocycles. The molecule has 0 bridgehead atoms. The van der Waals surface area contributed by atoms with Crippen LogP contribution >= 0.6 is 0 Å². The average Bonchev–Trinajstić information content (AvgIpc) is 2.69. The molecule has 0 amide bonds. The highest BCUT2D eigenvalue weighted by atomic mass is 16.6. The fraction of sp³-hybridized carbons (Fsp3) is 0.600. The number of aliphatic hydroxyl groups is 1. The summed E-state index contributed by atoms with van der Waals surface area (Å²) in [5.74, 6) is -0.707. The molecule has 0 heterocycles. The second-order valence-corrected chi connectivity index (χ2v) is 9.51. The third-order valence-electron chi connectivity index (χ3n) is 5.35. The fourth-order valence-electron chi connectivity index (χ4n) is 3.61. The van der Waals surface area contributed by atoms with Crippen molar-refractivity contribution in [3.63, 3.8) is 0 Å². The number of esters is 1. The molecule has 0 unspecified atom stereocenters. The van der Waals surface area contributed by atoms with Crippen LogP contribution in [0.1, 0.15) is 54.0 Å². The number of hydrogen-bond acceptors (Lipinski definition) is 6. The van der Waals surface area contributed by atoms with E-state index in [1.807, 2.05) is 31.2 Å². The molecule has 174 valence electrons. The van der Waals surface area contributed by atoms with Gasteiger partial charge in [-0.15, -0.1) is 0 Å². The smallest absolute Gasteiger partial charge is 0.334 e. The van der Waals surface area contributed by atoms with Gasteiger partial charge in [0.25, 0.3) is 0 Å². The number of carbonyl (C=O) groups is 2. The molecule has 0 aromatic heterocycles. The van der Waals surface area contributed by atoms with Crippen LogP contribution in [0.4, 0.5) is 0 Å². The number of aliphatic hydroxyl groups excluding tert-OH is 1. The first-order valence-corrected chi connectivity index (χ1v) is 10.6. The van der Waals surface area contributed by atoms with Gasteiger partial charge in [0.1, 0.15) is 17.1 Å². The monoisotopic (exact) mass is 434 g/mol. The minimum Gasteiger partial charge on any atom is -0.500 e. The number of hydrogen-bond donors (Lipinski definition) is 1. The first kappa shape index (κ1) is 26.7. The van der Waals surface area contributed by atoms with Crippen LogP contribution < -0.4 is 4.74 Å². The van der Waals surface area contributed by atoms with Crippen LogP contribution in [0, 0.1) is 17.3 Å². The molecule has 1 aromatic carbocycles. The number of ether oxygens (including phenoxy) is 3. The number of para-hydroxylation sites is 1. The van der Waals surface area contributed by atoms with E-state index in [2.05, 4.69) is 0 Å². The van der Waals surface area contributed by atoms with Gasteiger partial charge in [-0.2, -0.15) is 0 Å². The molecule has 6 nitrogen and oxygen atoms in total. The van der Waals surface area contributed by atoms with Crippen LogP contribution in [-0.4, -0.2) is 42.8 Å². The van der Waals surface area contributed by atoms with E-state index in [9.17, 15) is 14.7 Å². The lowest BCUT2D eigenvalue weighted by Gasteiger charge is -2.32. The highest BCUT2D eigenvalue weighted by molar-refractivity contribution is 5.91. The quantitative estimate of drug-likeness (QED) is 0.335. The van der Waals surface area contributed by atoms with Crippen molar-refractivity contribution >= 4 is 11.8 Å². The number of Topliss-reactive ketones (excluding diaryl/α,β-unsaturated/α-hetero) is 1. The van der Waals surface area contributed by atoms with Gasteiger partial charge in [-0.3, -0.25) is 4.79 Å². The van der Waals surface area contributed by atoms with Crippen molar-refractivity contribution in [2.45, 2.75) is 66.6 Å². The number of methoxy groups -OCH3 is 2. The van der Waals surface area contributed by atoms with Crippen molar-refractivity contribution in [1.82, 2.24) is 0 Å². The molecular weight excluding hydrogens is 396 g/mol. The Labute approximate surface area is 186 Å². The lowest BCUT2D eigenvalue weighted by atomic mass is 9.75. The molecule has 0 aliphatic rings. The van der Waals surface area contributed by atoms with Crippen LogP contribution in [0.5, 0.6) is 5.75 Å². The number of ketones is 1. The molecule has 1 rings (SSSR count). The molecule has 0 spiro atoms. The zero-order valence-electron chi connectivity index (χ0n) is 20.3. The summed E-state index contributed by atoms with van der Waals surface area (Å²) in [4.78, 5) is 25.5. The summed E-state index contributed by atoms with van der Waals surface area (Å²) in [7, 11) is 3.02. The molecule has 1 aromatic rings. The lowest BCUT2D eigenvalue weighted by Crippen LogP contribution is -2.40. The molecular formula is C25H38O6. The second-order valence-electron chi connectivity index (χ2n) is 9.51. The summed E-state index contributed by atoms with van der Waals surface area (Å²) < 4.78 is 16.1. The van der Waals surface area contributed by atoms with Crippen molar-refractivity contribution < 1.29 is 28.9 Å². The van der Waals surface area contributed by atoms with E-state index < -0.39 is 29.0 Å². The zero-order valence-corrected chi connectivity index (χ0v) is 20.3. The Hall–Kier alpha value is -2.34. The van der Waals surface area contributed by atoms with Crippen LogP contribution in [0.2, 0.25) is 0 Å². The Balaban J connectivity index is 3.00. The van der Waals surface area contributed by atoms with Gasteiger partial charge < -0.3 is 19.3 Å². The SMILES string of the molecule is CO/C(=C\C(=O)OC(C)(C)C)C(C)(C)C(=O)[C@H](C)[C@@H](O)[C@@H](C)Cc1ccccc1OC. The number of benzene rings is 1. The molecule has 0 radical (unpaired) electrons. The molecule has 0 saturated heterocycles. The highest BCUT2D eigenvalue weighted by Gasteiger charge is 2.40. The van der Waals surface area contributed by atoms with Crippen molar-refractivity contribution in [2.75, 3.05) is 14.2 Å². The predicted octanol–water partition coefficient (Wildman–Crippen LogP) is 4.34. The maximum atomic E-state index is 13.3. The van der Waals surface area contributed by atoms with E-state index in [1.54, 1.807) is 48.7 Å². The molecule has 0 fully saturated rings. The van der Waals surface area contributed by atoms with E-state index in [1.165, 1.54) is 13.2 Å². The summed E-state index contributed by atoms with van der Waals surface area (Å²) in [5, 5.41) is 10.9. The van der Waals surface area contributed by atoms with E-state index in [-0.39, 0.29) is 17.5 Å². The fourth-order valence-corrected chi connectivity index (χ4v) is 3.61. The van der Waals surface area contributed by atoms with Gasteiger partial charge in [0.15, 0.2) is 5.78 Å². The molecule has 0 aliphatic heterocycles. The molecule has 31 heavy (non-hydrogen) atoms. The van der Waals surface area contributed by atoms with E-state index in [4.69, 9.17) is 14.2 Å². The van der Waals surface area contributed by atoms with Crippen molar-refractivity contribution in [1.29, 1.82) is 0 Å². The van der Waals surface area contributed by atoms with Gasteiger partial charge in [-0.1, -0.05) is 32.0 Å². The van der Waals surface area contributed by atoms with E-state index >= 15 is 0 Å². The Kier molecular flexibility index (Phi) is 9.30. The largest absolute Gasteiger partial charge is 0.500 e. The normalized spacial score (nSPS) is 15.6. The summed E-state index contributed by atoms with van der Waals surface area (Å²) in [6.07, 6.45) is 0.894. The first-order valence-electron chi connectivity index (χ1n) is 10.6. The first-order chi connectivity index (χ1) is 14.2. The van der Waals surface area contributed by atoms with Crippen LogP contribution in [0.25, 0.3) is 0 Å². The lowest BCUT2D eigenvalue weighted by molar-refractivity contribution is -0.148. The molecule has 1 N–H and O–H groups in total. The summed E-state index contributed by atoms with van der Waals surface area (Å²) in [6, 6.07) is 7.63. The molecule has 0 saturated carbocycles. The summed E-state index contributed by atoms with van der Waals surface area (Å²) in [6.45, 7) is 12.3. The van der Waals surface area contributed by atoms with Gasteiger partial charge in [0.05, 0.1) is 31.8 Å². The van der Waals surface area contributed by atoms with Gasteiger partial charge in [0.2, 0.25) is 0 Å². The van der Waals surface area contributed by atoms with Crippen LogP contribution in [0.3, 0.4) is 0 Å². The number of allylic oxidation sites excluding steroid dienone is 1. The summed E-state index contributed by atoms with van der Waals surface area (Å²) >= 11 is 0. The third-order valence-corrected chi connectivity index (χ3v) is 5.35. The minimum absolute atomic E-state index is 0.188. The summed E-state index contributed by atoms with van der Waals surface area (Å²) in [5.41, 5.74) is -0.799. The average molecular weight is 435 g/mol. The van der Waals surface area contributed by atoms with Gasteiger partial charge >= 0.3 is 5.97 Å². The predicted molar refractivity (Wildman–Crippen MR) is 121 cm³/mol. The minimum atomic E-state index is -1.11. The maximum absolute atomic E-state index is 13.3. The molecule has 6 heteroatoms. The van der Waals surface area contributed by atoms with Crippen molar-refractivity contribution in [2.24, 2.45) is 17.3 Å². The Bertz CT molecular complexity index is 787. The Morgan fingerprint density at radius 1 is 1.06 bits per heavy atom. The number of carbonyl (C=O) groups excluding carboxylic acids is 2. The highest BCUT2D eigenvalue weighted by Crippen LogP contribution is 2.34. The van der Waals surface area contributed by atoms with Crippen molar-refractivity contribution in [3.8, 4) is 5.75 Å². The standard InChI is InChI=1S/C25H38O6/c1-16(14-18-12-10-11-13-19(18)29-8)22(27)17(2)23(28)25(6,7)20(30-9)15-21(26)31-24(3,4)5/h10-13,15-17,22,27H,14H2,1-9H3/b20-15-/t16-,17+,22-/m0/s1. The van der Waals surface area contributed by atoms with Crippen LogP contribution in [-0.2, 0) is 25.5 Å². The van der Waals surface area contributed by atoms with E-state index in [0.717, 1.165) is 11.3 Å². The Morgan fingerprint density at radius 2 is 1.65 bits per heavy atom. The van der Waals surface area contributed by atoms with Crippen molar-refractivity contribution in [3.05, 3.63) is 41.7 Å². The van der Waals surface area contributed by atoms with Gasteiger partial charge in [-0.25, -0.2) is 4.79 Å². The second kappa shape index (κ2) is 10.8. The van der Waals surface area contributed by atoms with Gasteiger partial charge in [-0.05, 0) is 58.6 Å². The Morgan fingerprint density at radius 3 is 2.16 bits per heavy atom. The number of rotatable bonds is 10. The third kappa shape index (κ3) is 7.39. The van der Waals surface area contributed by atoms with E-state index in [0.29, 0.717) is 6.42 Å². The topological polar surface area (TPSA) is 82.1 Å². The van der Waals surface area contributed by atoms with Crippen LogP contribution in [0.15, 0.2) is 36.1 Å². The zero-order chi connectivity index (χ0) is 24.0. The maximum Gasteiger partial charge on any atom is 0.334 e.